The molecule has 1 aliphatic carbocycles. The van der Waals surface area contributed by atoms with Crippen LogP contribution in [0.3, 0.4) is 0 Å². The molecule has 242 valence electrons. The SMILES string of the molecule is C=C(CN1CCN(C)CC1)C(=O)CC[C@@H](NC(=O)[C@@H](CC(=O)CCC)Cc1nc2ccc(C(C)C)cc2s1)C1CCCCC1. The summed E-state index contributed by atoms with van der Waals surface area (Å²) >= 11 is 1.63. The number of piperazine rings is 1. The van der Waals surface area contributed by atoms with Crippen LogP contribution in [0.1, 0.15) is 101 Å². The molecule has 2 aliphatic rings. The smallest absolute Gasteiger partial charge is 0.224 e. The summed E-state index contributed by atoms with van der Waals surface area (Å²) in [4.78, 5) is 49.5. The summed E-state index contributed by atoms with van der Waals surface area (Å²) in [5.41, 5.74) is 2.89. The van der Waals surface area contributed by atoms with E-state index in [2.05, 4.69) is 60.8 Å². The van der Waals surface area contributed by atoms with Gasteiger partial charge in [-0.3, -0.25) is 19.3 Å². The number of rotatable bonds is 16. The minimum atomic E-state index is -0.465. The number of aromatic nitrogens is 1. The molecule has 44 heavy (non-hydrogen) atoms. The van der Waals surface area contributed by atoms with Crippen molar-refractivity contribution in [2.24, 2.45) is 11.8 Å². The maximum Gasteiger partial charge on any atom is 0.224 e. The van der Waals surface area contributed by atoms with Crippen LogP contribution in [0, 0.1) is 11.8 Å². The molecule has 1 saturated heterocycles. The second kappa shape index (κ2) is 16.8. The predicted octanol–water partition coefficient (Wildman–Crippen LogP) is 6.56. The minimum Gasteiger partial charge on any atom is -0.353 e. The summed E-state index contributed by atoms with van der Waals surface area (Å²) in [7, 11) is 2.13. The first kappa shape index (κ1) is 34.5. The average Bonchev–Trinajstić information content (AvgIpc) is 3.42. The minimum absolute atomic E-state index is 0.0732. The summed E-state index contributed by atoms with van der Waals surface area (Å²) in [6.45, 7) is 15.1. The number of ketones is 2. The van der Waals surface area contributed by atoms with Crippen LogP contribution in [0.4, 0.5) is 0 Å². The summed E-state index contributed by atoms with van der Waals surface area (Å²) < 4.78 is 1.13. The Hall–Kier alpha value is -2.42. The van der Waals surface area contributed by atoms with Crippen molar-refractivity contribution in [1.82, 2.24) is 20.1 Å². The maximum atomic E-state index is 14.0. The lowest BCUT2D eigenvalue weighted by Crippen LogP contribution is -2.46. The Bertz CT molecular complexity index is 1270. The highest BCUT2D eigenvalue weighted by molar-refractivity contribution is 7.18. The fourth-order valence-corrected chi connectivity index (χ4v) is 7.75. The quantitative estimate of drug-likeness (QED) is 0.214. The van der Waals surface area contributed by atoms with Gasteiger partial charge >= 0.3 is 0 Å². The van der Waals surface area contributed by atoms with Gasteiger partial charge in [0.15, 0.2) is 5.78 Å². The molecule has 2 fully saturated rings. The van der Waals surface area contributed by atoms with E-state index in [-0.39, 0.29) is 29.9 Å². The molecule has 8 heteroatoms. The van der Waals surface area contributed by atoms with Crippen LogP contribution < -0.4 is 5.32 Å². The Kier molecular flexibility index (Phi) is 13.1. The first-order valence-electron chi connectivity index (χ1n) is 17.0. The summed E-state index contributed by atoms with van der Waals surface area (Å²) in [6.07, 6.45) is 8.62. The molecule has 1 saturated carbocycles. The van der Waals surface area contributed by atoms with Gasteiger partial charge in [0.1, 0.15) is 5.78 Å². The molecule has 0 spiro atoms. The van der Waals surface area contributed by atoms with E-state index < -0.39 is 5.92 Å². The van der Waals surface area contributed by atoms with E-state index in [1.807, 2.05) is 6.92 Å². The monoisotopic (exact) mass is 622 g/mol. The van der Waals surface area contributed by atoms with Gasteiger partial charge in [-0.25, -0.2) is 4.98 Å². The van der Waals surface area contributed by atoms with Gasteiger partial charge in [0.05, 0.1) is 21.1 Å². The highest BCUT2D eigenvalue weighted by Gasteiger charge is 2.30. The molecule has 4 rings (SSSR count). The molecule has 0 unspecified atom stereocenters. The third-order valence-electron chi connectivity index (χ3n) is 9.55. The molecule has 1 aliphatic heterocycles. The van der Waals surface area contributed by atoms with Crippen molar-refractivity contribution >= 4 is 39.0 Å². The predicted molar refractivity (Wildman–Crippen MR) is 181 cm³/mol. The van der Waals surface area contributed by atoms with Gasteiger partial charge in [-0.1, -0.05) is 52.7 Å². The van der Waals surface area contributed by atoms with Gasteiger partial charge in [0.25, 0.3) is 0 Å². The molecule has 1 aromatic carbocycles. The van der Waals surface area contributed by atoms with E-state index in [0.29, 0.717) is 49.6 Å². The van der Waals surface area contributed by atoms with E-state index in [1.165, 1.54) is 12.0 Å². The molecular formula is C36H54N4O3S. The molecule has 2 atom stereocenters. The number of carbonyl (C=O) groups excluding carboxylic acids is 3. The molecule has 1 aromatic heterocycles. The Labute approximate surface area is 268 Å². The Morgan fingerprint density at radius 3 is 2.48 bits per heavy atom. The number of hydrogen-bond acceptors (Lipinski definition) is 7. The Morgan fingerprint density at radius 1 is 1.07 bits per heavy atom. The van der Waals surface area contributed by atoms with Gasteiger partial charge in [-0.05, 0) is 62.3 Å². The van der Waals surface area contributed by atoms with Crippen LogP contribution in [0.25, 0.3) is 10.2 Å². The molecule has 2 heterocycles. The summed E-state index contributed by atoms with van der Waals surface area (Å²) in [5, 5.41) is 4.28. The Morgan fingerprint density at radius 2 is 1.80 bits per heavy atom. The lowest BCUT2D eigenvalue weighted by molar-refractivity contribution is -0.130. The van der Waals surface area contributed by atoms with Gasteiger partial charge < -0.3 is 10.2 Å². The van der Waals surface area contributed by atoms with Gasteiger partial charge in [-0.15, -0.1) is 11.3 Å². The number of nitrogens with one attached hydrogen (secondary N) is 1. The fraction of sp³-hybridized carbons (Fsp3) is 0.667. The van der Waals surface area contributed by atoms with Crippen molar-refractivity contribution in [2.75, 3.05) is 39.8 Å². The average molecular weight is 623 g/mol. The normalized spacial score (nSPS) is 18.4. The number of thiazole rings is 1. The zero-order chi connectivity index (χ0) is 31.6. The fourth-order valence-electron chi connectivity index (χ4n) is 6.65. The number of Topliss-reactive ketones (excluding diaryl/α,β-unsaturated/α-hetero) is 2. The van der Waals surface area contributed by atoms with E-state index in [0.717, 1.165) is 73.5 Å². The van der Waals surface area contributed by atoms with Crippen LogP contribution >= 0.6 is 11.3 Å². The molecule has 0 bridgehead atoms. The van der Waals surface area contributed by atoms with Crippen LogP contribution in [-0.4, -0.2) is 78.1 Å². The van der Waals surface area contributed by atoms with Crippen LogP contribution in [0.5, 0.6) is 0 Å². The van der Waals surface area contributed by atoms with Crippen molar-refractivity contribution in [3.63, 3.8) is 0 Å². The zero-order valence-electron chi connectivity index (χ0n) is 27.5. The number of fused-ring (bicyclic) bond motifs is 1. The topological polar surface area (TPSA) is 82.6 Å². The van der Waals surface area contributed by atoms with Crippen molar-refractivity contribution in [3.8, 4) is 0 Å². The molecule has 7 nitrogen and oxygen atoms in total. The lowest BCUT2D eigenvalue weighted by Gasteiger charge is -2.33. The first-order valence-corrected chi connectivity index (χ1v) is 17.8. The van der Waals surface area contributed by atoms with Crippen molar-refractivity contribution in [3.05, 3.63) is 40.9 Å². The third-order valence-corrected chi connectivity index (χ3v) is 10.6. The summed E-state index contributed by atoms with van der Waals surface area (Å²) in [5.74, 6) is 0.478. The molecule has 1 N–H and O–H groups in total. The highest BCUT2D eigenvalue weighted by atomic mass is 32.1. The number of likely N-dealkylation sites (N-methyl/N-ethyl adjacent to an activating group) is 1. The Balaban J connectivity index is 1.44. The lowest BCUT2D eigenvalue weighted by atomic mass is 9.81. The highest BCUT2D eigenvalue weighted by Crippen LogP contribution is 2.31. The number of amides is 1. The van der Waals surface area contributed by atoms with Crippen LogP contribution in [-0.2, 0) is 20.8 Å². The van der Waals surface area contributed by atoms with Crippen molar-refractivity contribution < 1.29 is 14.4 Å². The second-order valence-electron chi connectivity index (χ2n) is 13.5. The van der Waals surface area contributed by atoms with Gasteiger partial charge in [0, 0.05) is 70.0 Å². The van der Waals surface area contributed by atoms with Crippen molar-refractivity contribution in [2.45, 2.75) is 103 Å². The van der Waals surface area contributed by atoms with Crippen LogP contribution in [0.15, 0.2) is 30.4 Å². The van der Waals surface area contributed by atoms with Gasteiger partial charge in [0.2, 0.25) is 5.91 Å². The molecule has 0 radical (unpaired) electrons. The third kappa shape index (κ3) is 10.0. The molecule has 1 amide bonds. The largest absolute Gasteiger partial charge is 0.353 e. The van der Waals surface area contributed by atoms with E-state index in [1.54, 1.807) is 11.3 Å². The summed E-state index contributed by atoms with van der Waals surface area (Å²) in [6, 6.07) is 6.32. The number of nitrogens with zero attached hydrogens (tertiary/aromatic N) is 3. The van der Waals surface area contributed by atoms with Crippen LogP contribution in [0.2, 0.25) is 0 Å². The molecular weight excluding hydrogens is 568 g/mol. The van der Waals surface area contributed by atoms with E-state index in [9.17, 15) is 14.4 Å². The molecule has 2 aromatic rings. The first-order chi connectivity index (χ1) is 21.1. The van der Waals surface area contributed by atoms with E-state index in [4.69, 9.17) is 4.98 Å². The van der Waals surface area contributed by atoms with Crippen molar-refractivity contribution in [1.29, 1.82) is 0 Å². The standard InChI is InChI=1S/C36H54N4O3S/c1-6-10-30(41)21-29(23-35-37-32-14-13-28(25(2)3)22-34(32)44-35)36(43)38-31(27-11-8-7-9-12-27)15-16-33(42)26(4)24-40-19-17-39(5)18-20-40/h13-14,22,25,27,29,31H,4,6-12,15-21,23-24H2,1-3,5H3,(H,38,43)/t29-,31+/m0/s1. The second-order valence-corrected chi connectivity index (χ2v) is 14.7. The maximum absolute atomic E-state index is 14.0. The number of benzene rings is 1. The van der Waals surface area contributed by atoms with Gasteiger partial charge in [-0.2, -0.15) is 0 Å². The number of carbonyl (C=O) groups is 3. The zero-order valence-corrected chi connectivity index (χ0v) is 28.4. The van der Waals surface area contributed by atoms with E-state index >= 15 is 0 Å². The number of hydrogen-bond donors (Lipinski definition) is 1.